The van der Waals surface area contributed by atoms with E-state index in [-0.39, 0.29) is 0 Å². The molecule has 236 valence electrons. The van der Waals surface area contributed by atoms with Crippen molar-refractivity contribution in [3.8, 4) is 73.4 Å². The summed E-state index contributed by atoms with van der Waals surface area (Å²) in [6.45, 7) is 0. The summed E-state index contributed by atoms with van der Waals surface area (Å²) in [5, 5.41) is 9.45. The Hall–Kier alpha value is -6.96. The first-order chi connectivity index (χ1) is 25.2. The fourth-order valence-corrected chi connectivity index (χ4v) is 8.30. The highest BCUT2D eigenvalue weighted by molar-refractivity contribution is 5.97. The van der Waals surface area contributed by atoms with Gasteiger partial charge in [-0.25, -0.2) is 9.97 Å². The third-order valence-electron chi connectivity index (χ3n) is 10.5. The van der Waals surface area contributed by atoms with Crippen molar-refractivity contribution in [2.45, 2.75) is 5.41 Å². The minimum Gasteiger partial charge on any atom is -0.265 e. The lowest BCUT2D eigenvalue weighted by Crippen LogP contribution is -2.29. The van der Waals surface area contributed by atoms with Crippen LogP contribution in [0.2, 0.25) is 0 Å². The fourth-order valence-electron chi connectivity index (χ4n) is 8.30. The van der Waals surface area contributed by atoms with Gasteiger partial charge in [0.15, 0.2) is 5.82 Å². The summed E-state index contributed by atoms with van der Waals surface area (Å²) in [6.07, 6.45) is 3.57. The van der Waals surface area contributed by atoms with Crippen molar-refractivity contribution in [2.75, 3.05) is 0 Å². The maximum atomic E-state index is 9.45. The number of hydrogen-bond acceptors (Lipinski definition) is 4. The molecular formula is C47H28N4. The number of hydrogen-bond donors (Lipinski definition) is 0. The first-order valence-corrected chi connectivity index (χ1v) is 17.1. The van der Waals surface area contributed by atoms with Crippen LogP contribution < -0.4 is 0 Å². The van der Waals surface area contributed by atoms with Crippen molar-refractivity contribution in [1.29, 1.82) is 5.26 Å². The van der Waals surface area contributed by atoms with Crippen LogP contribution in [0.3, 0.4) is 0 Å². The fraction of sp³-hybridized carbons (Fsp3) is 0.0213. The standard InChI is InChI=1S/C47H28N4/c48-29-30-17-19-31(20-18-30)44-28-45(32-23-25-49-26-24-32)51-46(50-44)33-21-22-39-35-10-2-1-9-34(35)36-11-3-6-14-40(36)47(43(39)27-33)41-15-7-4-12-37(41)38-13-5-8-16-42(38)47/h1-28H. The zero-order valence-corrected chi connectivity index (χ0v) is 27.5. The minimum absolute atomic E-state index is 0.590. The summed E-state index contributed by atoms with van der Waals surface area (Å²) in [6, 6.07) is 58.0. The van der Waals surface area contributed by atoms with Gasteiger partial charge >= 0.3 is 0 Å². The van der Waals surface area contributed by atoms with Crippen molar-refractivity contribution < 1.29 is 0 Å². The Morgan fingerprint density at radius 2 is 0.863 bits per heavy atom. The number of nitrogens with zero attached hydrogens (tertiary/aromatic N) is 4. The van der Waals surface area contributed by atoms with Gasteiger partial charge in [0, 0.05) is 29.1 Å². The molecule has 2 heterocycles. The SMILES string of the molecule is N#Cc1ccc(-c2cc(-c3ccncc3)nc(-c3ccc4c(c3)C3(c5ccccc5-c5ccccc5-4)c4ccccc4-c4ccccc43)n2)cc1. The molecule has 0 fully saturated rings. The molecule has 0 saturated heterocycles. The van der Waals surface area contributed by atoms with E-state index in [2.05, 4.69) is 126 Å². The smallest absolute Gasteiger partial charge is 0.160 e. The molecule has 0 aliphatic heterocycles. The zero-order chi connectivity index (χ0) is 33.9. The summed E-state index contributed by atoms with van der Waals surface area (Å²) in [4.78, 5) is 14.7. The van der Waals surface area contributed by atoms with Crippen LogP contribution in [-0.2, 0) is 5.41 Å². The molecule has 2 aliphatic carbocycles. The highest BCUT2D eigenvalue weighted by Crippen LogP contribution is 2.61. The van der Waals surface area contributed by atoms with Crippen LogP contribution in [-0.4, -0.2) is 15.0 Å². The minimum atomic E-state index is -0.590. The lowest BCUT2D eigenvalue weighted by Gasteiger charge is -2.35. The Labute approximate surface area is 296 Å². The number of rotatable bonds is 3. The van der Waals surface area contributed by atoms with Gasteiger partial charge in [0.2, 0.25) is 0 Å². The van der Waals surface area contributed by atoms with Crippen LogP contribution in [0.25, 0.3) is 67.3 Å². The first kappa shape index (κ1) is 29.0. The summed E-state index contributed by atoms with van der Waals surface area (Å²) < 4.78 is 0. The molecule has 6 aromatic carbocycles. The molecule has 0 N–H and O–H groups in total. The number of aromatic nitrogens is 3. The molecule has 2 aliphatic rings. The maximum Gasteiger partial charge on any atom is 0.160 e. The van der Waals surface area contributed by atoms with Crippen LogP contribution in [0.5, 0.6) is 0 Å². The highest BCUT2D eigenvalue weighted by atomic mass is 14.9. The van der Waals surface area contributed by atoms with E-state index in [0.29, 0.717) is 11.4 Å². The van der Waals surface area contributed by atoms with Gasteiger partial charge in [-0.2, -0.15) is 5.26 Å². The van der Waals surface area contributed by atoms with Gasteiger partial charge in [-0.15, -0.1) is 0 Å². The third-order valence-corrected chi connectivity index (χ3v) is 10.5. The van der Waals surface area contributed by atoms with Gasteiger partial charge in [0.05, 0.1) is 28.4 Å². The number of nitriles is 1. The third kappa shape index (κ3) is 4.29. The molecular weight excluding hydrogens is 621 g/mol. The number of benzene rings is 6. The highest BCUT2D eigenvalue weighted by Gasteiger charge is 2.49. The van der Waals surface area contributed by atoms with Crippen LogP contribution in [0, 0.1) is 11.3 Å². The van der Waals surface area contributed by atoms with Crippen molar-refractivity contribution in [3.63, 3.8) is 0 Å². The normalized spacial score (nSPS) is 12.8. The van der Waals surface area contributed by atoms with E-state index in [1.165, 1.54) is 55.6 Å². The summed E-state index contributed by atoms with van der Waals surface area (Å²) in [5.41, 5.74) is 16.8. The summed E-state index contributed by atoms with van der Waals surface area (Å²) in [5.74, 6) is 0.631. The van der Waals surface area contributed by atoms with Crippen molar-refractivity contribution in [1.82, 2.24) is 15.0 Å². The molecule has 0 unspecified atom stereocenters. The molecule has 0 atom stereocenters. The zero-order valence-electron chi connectivity index (χ0n) is 27.5. The molecule has 8 aromatic rings. The summed E-state index contributed by atoms with van der Waals surface area (Å²) in [7, 11) is 0. The largest absolute Gasteiger partial charge is 0.265 e. The predicted octanol–water partition coefficient (Wildman–Crippen LogP) is 10.8. The second-order valence-electron chi connectivity index (χ2n) is 13.1. The van der Waals surface area contributed by atoms with E-state index in [1.54, 1.807) is 12.4 Å². The lowest BCUT2D eigenvalue weighted by atomic mass is 9.65. The number of fused-ring (bicyclic) bond motifs is 12. The van der Waals surface area contributed by atoms with E-state index in [1.807, 2.05) is 42.5 Å². The van der Waals surface area contributed by atoms with Crippen molar-refractivity contribution in [3.05, 3.63) is 198 Å². The molecule has 0 saturated carbocycles. The lowest BCUT2D eigenvalue weighted by molar-refractivity contribution is 0.775. The Balaban J connectivity index is 1.30. The molecule has 2 aromatic heterocycles. The van der Waals surface area contributed by atoms with E-state index in [0.717, 1.165) is 28.1 Å². The molecule has 51 heavy (non-hydrogen) atoms. The Morgan fingerprint density at radius 3 is 1.41 bits per heavy atom. The quantitative estimate of drug-likeness (QED) is 0.191. The monoisotopic (exact) mass is 648 g/mol. The molecule has 10 rings (SSSR count). The average molecular weight is 649 g/mol. The first-order valence-electron chi connectivity index (χ1n) is 17.1. The molecule has 0 radical (unpaired) electrons. The second-order valence-corrected chi connectivity index (χ2v) is 13.1. The predicted molar refractivity (Wildman–Crippen MR) is 203 cm³/mol. The van der Waals surface area contributed by atoms with Crippen LogP contribution in [0.15, 0.2) is 170 Å². The molecule has 0 amide bonds. The molecule has 4 heteroatoms. The van der Waals surface area contributed by atoms with E-state index >= 15 is 0 Å². The average Bonchev–Trinajstić information content (AvgIpc) is 3.46. The van der Waals surface area contributed by atoms with Crippen LogP contribution >= 0.6 is 0 Å². The molecule has 0 bridgehead atoms. The summed E-state index contributed by atoms with van der Waals surface area (Å²) >= 11 is 0. The topological polar surface area (TPSA) is 62.5 Å². The van der Waals surface area contributed by atoms with Gasteiger partial charge in [-0.1, -0.05) is 121 Å². The van der Waals surface area contributed by atoms with Crippen molar-refractivity contribution in [2.24, 2.45) is 0 Å². The van der Waals surface area contributed by atoms with Crippen molar-refractivity contribution >= 4 is 0 Å². The van der Waals surface area contributed by atoms with Gasteiger partial charge in [-0.3, -0.25) is 4.98 Å². The molecule has 1 spiro atoms. The van der Waals surface area contributed by atoms with E-state index < -0.39 is 5.41 Å². The van der Waals surface area contributed by atoms with E-state index in [4.69, 9.17) is 9.97 Å². The Kier molecular flexibility index (Phi) is 6.43. The second kappa shape index (κ2) is 11.3. The van der Waals surface area contributed by atoms with Gasteiger partial charge in [0.25, 0.3) is 0 Å². The van der Waals surface area contributed by atoms with Gasteiger partial charge < -0.3 is 0 Å². The van der Waals surface area contributed by atoms with Crippen LogP contribution in [0.4, 0.5) is 0 Å². The Bertz CT molecular complexity index is 2660. The van der Waals surface area contributed by atoms with E-state index in [9.17, 15) is 5.26 Å². The number of pyridine rings is 1. The van der Waals surface area contributed by atoms with Gasteiger partial charge in [0.1, 0.15) is 0 Å². The van der Waals surface area contributed by atoms with Gasteiger partial charge in [-0.05, 0) is 92.0 Å². The molecule has 4 nitrogen and oxygen atoms in total. The van der Waals surface area contributed by atoms with Crippen LogP contribution in [0.1, 0.15) is 27.8 Å². The maximum absolute atomic E-state index is 9.45. The Morgan fingerprint density at radius 1 is 0.412 bits per heavy atom.